The van der Waals surface area contributed by atoms with Gasteiger partial charge in [-0.3, -0.25) is 4.79 Å². The maximum Gasteiger partial charge on any atom is 0.229 e. The molecule has 116 valence electrons. The molecule has 0 heterocycles. The van der Waals surface area contributed by atoms with E-state index >= 15 is 0 Å². The highest BCUT2D eigenvalue weighted by molar-refractivity contribution is 5.83. The van der Waals surface area contributed by atoms with Crippen molar-refractivity contribution in [3.8, 4) is 0 Å². The van der Waals surface area contributed by atoms with Crippen molar-refractivity contribution in [1.82, 2.24) is 10.2 Å². The lowest BCUT2D eigenvalue weighted by atomic mass is 9.89. The molecule has 1 aromatic carbocycles. The van der Waals surface area contributed by atoms with Gasteiger partial charge in [0.25, 0.3) is 0 Å². The molecule has 3 nitrogen and oxygen atoms in total. The smallest absolute Gasteiger partial charge is 0.229 e. The molecule has 21 heavy (non-hydrogen) atoms. The van der Waals surface area contributed by atoms with Crippen LogP contribution < -0.4 is 5.32 Å². The van der Waals surface area contributed by atoms with Crippen LogP contribution in [0.2, 0.25) is 0 Å². The molecule has 1 aromatic rings. The molecule has 1 atom stereocenters. The summed E-state index contributed by atoms with van der Waals surface area (Å²) in [5.74, 6) is 0.191. The normalized spacial score (nSPS) is 23.6. The van der Waals surface area contributed by atoms with Crippen molar-refractivity contribution in [3.63, 3.8) is 0 Å². The van der Waals surface area contributed by atoms with Crippen molar-refractivity contribution in [2.75, 3.05) is 13.6 Å². The maximum atomic E-state index is 12.7. The van der Waals surface area contributed by atoms with Crippen LogP contribution in [0, 0.1) is 0 Å². The summed E-state index contributed by atoms with van der Waals surface area (Å²) in [6, 6.07) is 11.1. The number of rotatable bonds is 5. The number of carbonyl (C=O) groups excluding carboxylic acids is 1. The predicted octanol–water partition coefficient (Wildman–Crippen LogP) is 3.17. The lowest BCUT2D eigenvalue weighted by Gasteiger charge is -2.36. The Morgan fingerprint density at radius 1 is 1.24 bits per heavy atom. The quantitative estimate of drug-likeness (QED) is 0.902. The highest BCUT2D eigenvalue weighted by Gasteiger charge is 2.28. The molecule has 0 radical (unpaired) electrons. The van der Waals surface area contributed by atoms with Crippen LogP contribution >= 0.6 is 0 Å². The number of benzene rings is 1. The van der Waals surface area contributed by atoms with Gasteiger partial charge in [0.05, 0.1) is 5.92 Å². The molecule has 0 aliphatic heterocycles. The monoisotopic (exact) mass is 288 g/mol. The third kappa shape index (κ3) is 4.07. The summed E-state index contributed by atoms with van der Waals surface area (Å²) in [7, 11) is 1.97. The van der Waals surface area contributed by atoms with Crippen molar-refractivity contribution in [1.29, 1.82) is 0 Å². The van der Waals surface area contributed by atoms with E-state index < -0.39 is 0 Å². The fourth-order valence-corrected chi connectivity index (χ4v) is 3.33. The third-order valence-electron chi connectivity index (χ3n) is 4.75. The molecule has 0 spiro atoms. The summed E-state index contributed by atoms with van der Waals surface area (Å²) in [6.45, 7) is 5.21. The summed E-state index contributed by atoms with van der Waals surface area (Å²) in [4.78, 5) is 14.6. The highest BCUT2D eigenvalue weighted by Crippen LogP contribution is 2.25. The largest absolute Gasteiger partial charge is 0.342 e. The van der Waals surface area contributed by atoms with E-state index in [2.05, 4.69) is 12.2 Å². The summed E-state index contributed by atoms with van der Waals surface area (Å²) >= 11 is 0. The van der Waals surface area contributed by atoms with Gasteiger partial charge in [-0.25, -0.2) is 0 Å². The molecule has 1 aliphatic rings. The van der Waals surface area contributed by atoms with Gasteiger partial charge in [-0.2, -0.15) is 0 Å². The van der Waals surface area contributed by atoms with Crippen LogP contribution in [0.25, 0.3) is 0 Å². The molecule has 1 N–H and O–H groups in total. The maximum absolute atomic E-state index is 12.7. The van der Waals surface area contributed by atoms with Crippen LogP contribution in [0.5, 0.6) is 0 Å². The Labute approximate surface area is 128 Å². The molecule has 0 bridgehead atoms. The van der Waals surface area contributed by atoms with E-state index in [-0.39, 0.29) is 11.8 Å². The SMILES string of the molecule is CCNC1CCC(N(C)C(=O)C(C)c2ccccc2)CC1. The molecule has 1 saturated carbocycles. The zero-order valence-electron chi connectivity index (χ0n) is 13.5. The lowest BCUT2D eigenvalue weighted by Crippen LogP contribution is -2.44. The van der Waals surface area contributed by atoms with Gasteiger partial charge in [-0.05, 0) is 44.7 Å². The van der Waals surface area contributed by atoms with Gasteiger partial charge < -0.3 is 10.2 Å². The molecule has 3 heteroatoms. The van der Waals surface area contributed by atoms with Crippen LogP contribution in [-0.2, 0) is 4.79 Å². The standard InChI is InChI=1S/C18H28N2O/c1-4-19-16-10-12-17(13-11-16)20(3)18(21)14(2)15-8-6-5-7-9-15/h5-9,14,16-17,19H,4,10-13H2,1-3H3. The second kappa shape index (κ2) is 7.60. The Hall–Kier alpha value is -1.35. The Morgan fingerprint density at radius 3 is 2.43 bits per heavy atom. The summed E-state index contributed by atoms with van der Waals surface area (Å²) in [5, 5.41) is 3.52. The molecular weight excluding hydrogens is 260 g/mol. The van der Waals surface area contributed by atoms with Gasteiger partial charge in [-0.1, -0.05) is 37.3 Å². The molecule has 1 fully saturated rings. The number of hydrogen-bond donors (Lipinski definition) is 1. The van der Waals surface area contributed by atoms with E-state index in [9.17, 15) is 4.79 Å². The second-order valence-electron chi connectivity index (χ2n) is 6.14. The van der Waals surface area contributed by atoms with Crippen LogP contribution in [-0.4, -0.2) is 36.5 Å². The first-order valence-electron chi connectivity index (χ1n) is 8.18. The summed E-state index contributed by atoms with van der Waals surface area (Å²) in [5.41, 5.74) is 1.11. The topological polar surface area (TPSA) is 32.3 Å². The molecule has 1 aliphatic carbocycles. The Kier molecular flexibility index (Phi) is 5.80. The van der Waals surface area contributed by atoms with Crippen molar-refractivity contribution >= 4 is 5.91 Å². The highest BCUT2D eigenvalue weighted by atomic mass is 16.2. The Balaban J connectivity index is 1.91. The van der Waals surface area contributed by atoms with E-state index in [1.54, 1.807) is 0 Å². The van der Waals surface area contributed by atoms with Crippen molar-refractivity contribution in [2.24, 2.45) is 0 Å². The molecule has 1 amide bonds. The number of hydrogen-bond acceptors (Lipinski definition) is 2. The van der Waals surface area contributed by atoms with Crippen LogP contribution in [0.3, 0.4) is 0 Å². The minimum absolute atomic E-state index is 0.0531. The first-order chi connectivity index (χ1) is 10.1. The van der Waals surface area contributed by atoms with Gasteiger partial charge in [0.1, 0.15) is 0 Å². The van der Waals surface area contributed by atoms with Crippen molar-refractivity contribution in [2.45, 2.75) is 57.5 Å². The molecular formula is C18H28N2O. The fraction of sp³-hybridized carbons (Fsp3) is 0.611. The number of nitrogens with zero attached hydrogens (tertiary/aromatic N) is 1. The van der Waals surface area contributed by atoms with Crippen LogP contribution in [0.15, 0.2) is 30.3 Å². The summed E-state index contributed by atoms with van der Waals surface area (Å²) in [6.07, 6.45) is 4.58. The van der Waals surface area contributed by atoms with Gasteiger partial charge in [0.15, 0.2) is 0 Å². The minimum Gasteiger partial charge on any atom is -0.342 e. The average molecular weight is 288 g/mol. The van der Waals surface area contributed by atoms with Crippen LogP contribution in [0.1, 0.15) is 51.0 Å². The Morgan fingerprint density at radius 2 is 1.86 bits per heavy atom. The summed E-state index contributed by atoms with van der Waals surface area (Å²) < 4.78 is 0. The number of nitrogens with one attached hydrogen (secondary N) is 1. The molecule has 0 aromatic heterocycles. The minimum atomic E-state index is -0.0531. The molecule has 2 rings (SSSR count). The van der Waals surface area contributed by atoms with E-state index in [0.717, 1.165) is 24.9 Å². The van der Waals surface area contributed by atoms with Gasteiger partial charge in [0, 0.05) is 19.1 Å². The van der Waals surface area contributed by atoms with Gasteiger partial charge in [-0.15, -0.1) is 0 Å². The van der Waals surface area contributed by atoms with E-state index in [0.29, 0.717) is 12.1 Å². The lowest BCUT2D eigenvalue weighted by molar-refractivity contribution is -0.133. The molecule has 1 unspecified atom stereocenters. The number of carbonyl (C=O) groups is 1. The van der Waals surface area contributed by atoms with Crippen LogP contribution in [0.4, 0.5) is 0 Å². The van der Waals surface area contributed by atoms with E-state index in [4.69, 9.17) is 0 Å². The Bertz CT molecular complexity index is 438. The number of amides is 1. The van der Waals surface area contributed by atoms with Crippen molar-refractivity contribution in [3.05, 3.63) is 35.9 Å². The van der Waals surface area contributed by atoms with Gasteiger partial charge >= 0.3 is 0 Å². The van der Waals surface area contributed by atoms with Gasteiger partial charge in [0.2, 0.25) is 5.91 Å². The third-order valence-corrected chi connectivity index (χ3v) is 4.75. The fourth-order valence-electron chi connectivity index (χ4n) is 3.33. The average Bonchev–Trinajstić information content (AvgIpc) is 2.54. The predicted molar refractivity (Wildman–Crippen MR) is 87.3 cm³/mol. The first-order valence-corrected chi connectivity index (χ1v) is 8.18. The van der Waals surface area contributed by atoms with E-state index in [1.807, 2.05) is 49.2 Å². The first kappa shape index (κ1) is 16.0. The zero-order valence-corrected chi connectivity index (χ0v) is 13.5. The van der Waals surface area contributed by atoms with Crippen molar-refractivity contribution < 1.29 is 4.79 Å². The van der Waals surface area contributed by atoms with E-state index in [1.165, 1.54) is 12.8 Å². The second-order valence-corrected chi connectivity index (χ2v) is 6.14. The number of likely N-dealkylation sites (N-methyl/N-ethyl adjacent to an activating group) is 1. The zero-order chi connectivity index (χ0) is 15.2. The molecule has 0 saturated heterocycles.